The van der Waals surface area contributed by atoms with E-state index in [-0.39, 0.29) is 5.91 Å². The van der Waals surface area contributed by atoms with Crippen molar-refractivity contribution in [2.24, 2.45) is 0 Å². The Morgan fingerprint density at radius 1 is 1.39 bits per heavy atom. The number of carbonyl (C=O) groups is 1. The third kappa shape index (κ3) is 3.35. The number of amides is 1. The molecule has 0 unspecified atom stereocenters. The molecule has 7 heteroatoms. The van der Waals surface area contributed by atoms with Crippen LogP contribution in [0, 0.1) is 0 Å². The molecule has 1 amide bonds. The Kier molecular flexibility index (Phi) is 4.88. The monoisotopic (exact) mass is 347 g/mol. The summed E-state index contributed by atoms with van der Waals surface area (Å²) in [4.78, 5) is 19.0. The zero-order chi connectivity index (χ0) is 16.2. The van der Waals surface area contributed by atoms with Gasteiger partial charge < -0.3 is 14.4 Å². The number of hydrogen-bond acceptors (Lipinski definition) is 6. The first-order valence-corrected chi connectivity index (χ1v) is 8.95. The van der Waals surface area contributed by atoms with Crippen molar-refractivity contribution in [3.05, 3.63) is 46.4 Å². The third-order valence-corrected chi connectivity index (χ3v) is 5.21. The topological polar surface area (TPSA) is 54.5 Å². The lowest BCUT2D eigenvalue weighted by Gasteiger charge is -2.28. The maximum absolute atomic E-state index is 12.7. The Morgan fingerprint density at radius 3 is 3.00 bits per heavy atom. The summed E-state index contributed by atoms with van der Waals surface area (Å²) in [6, 6.07) is 7.45. The standard InChI is InChI=1S/C16H17N3O2S2/c1-3-9-21-14-13(16(20)18-12-6-4-5-8-17-12)19(2)23-11-7-10-22-15(11)14/h4-8,10H,3,9H2,1-2H3,(H,17,18,20). The lowest BCUT2D eigenvalue weighted by Crippen LogP contribution is -2.28. The smallest absolute Gasteiger partial charge is 0.277 e. The molecule has 0 saturated heterocycles. The van der Waals surface area contributed by atoms with Crippen LogP contribution in [0.2, 0.25) is 0 Å². The van der Waals surface area contributed by atoms with Gasteiger partial charge in [0.1, 0.15) is 5.82 Å². The quantitative estimate of drug-likeness (QED) is 0.833. The number of likely N-dealkylation sites (N-methyl/N-ethyl adjacent to an activating group) is 1. The molecule has 1 aliphatic rings. The van der Waals surface area contributed by atoms with Crippen molar-refractivity contribution in [2.45, 2.75) is 18.2 Å². The predicted octanol–water partition coefficient (Wildman–Crippen LogP) is 3.83. The first-order valence-electron chi connectivity index (χ1n) is 7.29. The number of nitrogens with zero attached hydrogens (tertiary/aromatic N) is 2. The van der Waals surface area contributed by atoms with E-state index in [9.17, 15) is 4.79 Å². The molecule has 1 aliphatic heterocycles. The van der Waals surface area contributed by atoms with E-state index in [0.29, 0.717) is 23.9 Å². The van der Waals surface area contributed by atoms with E-state index in [2.05, 4.69) is 10.3 Å². The van der Waals surface area contributed by atoms with Crippen LogP contribution < -0.4 is 5.32 Å². The van der Waals surface area contributed by atoms with E-state index in [1.54, 1.807) is 23.6 Å². The van der Waals surface area contributed by atoms with Crippen molar-refractivity contribution in [3.8, 4) is 0 Å². The van der Waals surface area contributed by atoms with Crippen LogP contribution in [0.4, 0.5) is 5.82 Å². The summed E-state index contributed by atoms with van der Waals surface area (Å²) in [5.41, 5.74) is 0.518. The maximum Gasteiger partial charge on any atom is 0.277 e. The first-order chi connectivity index (χ1) is 11.2. The fourth-order valence-corrected chi connectivity index (χ4v) is 4.16. The molecule has 0 aromatic carbocycles. The molecule has 0 aliphatic carbocycles. The van der Waals surface area contributed by atoms with Gasteiger partial charge in [0.2, 0.25) is 0 Å². The molecule has 120 valence electrons. The first kappa shape index (κ1) is 15.9. The Labute approximate surface area is 143 Å². The van der Waals surface area contributed by atoms with Gasteiger partial charge in [0.15, 0.2) is 11.5 Å². The highest BCUT2D eigenvalue weighted by molar-refractivity contribution is 7.97. The average molecular weight is 347 g/mol. The van der Waals surface area contributed by atoms with Crippen molar-refractivity contribution in [1.29, 1.82) is 0 Å². The molecule has 0 fully saturated rings. The lowest BCUT2D eigenvalue weighted by atomic mass is 10.2. The number of ether oxygens (including phenoxy) is 1. The molecule has 23 heavy (non-hydrogen) atoms. The van der Waals surface area contributed by atoms with Crippen LogP contribution in [-0.4, -0.2) is 28.9 Å². The van der Waals surface area contributed by atoms with Gasteiger partial charge in [-0.3, -0.25) is 4.79 Å². The van der Waals surface area contributed by atoms with Gasteiger partial charge in [0.25, 0.3) is 5.91 Å². The Hall–Kier alpha value is -1.99. The van der Waals surface area contributed by atoms with Crippen LogP contribution in [0.15, 0.2) is 46.4 Å². The van der Waals surface area contributed by atoms with Crippen molar-refractivity contribution in [2.75, 3.05) is 19.0 Å². The van der Waals surface area contributed by atoms with Gasteiger partial charge in [-0.15, -0.1) is 11.3 Å². The van der Waals surface area contributed by atoms with Crippen molar-refractivity contribution < 1.29 is 9.53 Å². The van der Waals surface area contributed by atoms with Crippen LogP contribution in [0.5, 0.6) is 0 Å². The highest BCUT2D eigenvalue weighted by Gasteiger charge is 2.31. The minimum absolute atomic E-state index is 0.219. The van der Waals surface area contributed by atoms with E-state index < -0.39 is 0 Å². The second kappa shape index (κ2) is 7.06. The molecule has 2 aromatic heterocycles. The minimum Gasteiger partial charge on any atom is -0.490 e. The molecule has 3 rings (SSSR count). The summed E-state index contributed by atoms with van der Waals surface area (Å²) in [6.07, 6.45) is 2.53. The van der Waals surface area contributed by atoms with Gasteiger partial charge in [-0.25, -0.2) is 4.98 Å². The Bertz CT molecular complexity index is 728. The van der Waals surface area contributed by atoms with E-state index in [0.717, 1.165) is 16.2 Å². The molecule has 0 radical (unpaired) electrons. The summed E-state index contributed by atoms with van der Waals surface area (Å²) < 4.78 is 7.76. The normalized spacial score (nSPS) is 13.7. The predicted molar refractivity (Wildman–Crippen MR) is 94.0 cm³/mol. The van der Waals surface area contributed by atoms with Gasteiger partial charge in [-0.1, -0.05) is 13.0 Å². The van der Waals surface area contributed by atoms with Gasteiger partial charge >= 0.3 is 0 Å². The number of carbonyl (C=O) groups excluding carboxylic acids is 1. The van der Waals surface area contributed by atoms with Crippen LogP contribution >= 0.6 is 23.3 Å². The molecule has 0 atom stereocenters. The van der Waals surface area contributed by atoms with Crippen LogP contribution in [0.25, 0.3) is 5.76 Å². The molecular weight excluding hydrogens is 330 g/mol. The van der Waals surface area contributed by atoms with E-state index in [4.69, 9.17) is 4.74 Å². The van der Waals surface area contributed by atoms with Crippen LogP contribution in [0.3, 0.4) is 0 Å². The number of nitrogens with one attached hydrogen (secondary N) is 1. The number of pyridine rings is 1. The molecule has 5 nitrogen and oxygen atoms in total. The highest BCUT2D eigenvalue weighted by Crippen LogP contribution is 2.43. The van der Waals surface area contributed by atoms with Gasteiger partial charge in [-0.05, 0) is 41.9 Å². The lowest BCUT2D eigenvalue weighted by molar-refractivity contribution is -0.113. The maximum atomic E-state index is 12.7. The fourth-order valence-electron chi connectivity index (χ4n) is 2.17. The molecule has 0 saturated carbocycles. The number of aromatic nitrogens is 1. The van der Waals surface area contributed by atoms with E-state index >= 15 is 0 Å². The van der Waals surface area contributed by atoms with Crippen LogP contribution in [0.1, 0.15) is 18.2 Å². The number of rotatable bonds is 5. The van der Waals surface area contributed by atoms with E-state index in [1.807, 2.05) is 41.9 Å². The van der Waals surface area contributed by atoms with Crippen molar-refractivity contribution in [1.82, 2.24) is 9.29 Å². The Balaban J connectivity index is 1.96. The second-order valence-electron chi connectivity index (χ2n) is 4.90. The third-order valence-electron chi connectivity index (χ3n) is 3.17. The molecule has 3 heterocycles. The number of anilines is 1. The summed E-state index contributed by atoms with van der Waals surface area (Å²) in [5.74, 6) is 0.950. The van der Waals surface area contributed by atoms with Crippen molar-refractivity contribution in [3.63, 3.8) is 0 Å². The number of thiophene rings is 1. The highest BCUT2D eigenvalue weighted by atomic mass is 32.2. The van der Waals surface area contributed by atoms with E-state index in [1.165, 1.54) is 11.9 Å². The van der Waals surface area contributed by atoms with Gasteiger partial charge in [0.05, 0.1) is 16.4 Å². The number of hydrogen-bond donors (Lipinski definition) is 1. The Morgan fingerprint density at radius 2 is 2.26 bits per heavy atom. The van der Waals surface area contributed by atoms with Crippen LogP contribution in [-0.2, 0) is 9.53 Å². The summed E-state index contributed by atoms with van der Waals surface area (Å²) in [6.45, 7) is 2.62. The fraction of sp³-hybridized carbons (Fsp3) is 0.250. The second-order valence-corrected chi connectivity index (χ2v) is 6.98. The molecule has 0 bridgehead atoms. The summed E-state index contributed by atoms with van der Waals surface area (Å²) in [5, 5.41) is 4.85. The molecule has 1 N–H and O–H groups in total. The minimum atomic E-state index is -0.219. The van der Waals surface area contributed by atoms with Crippen molar-refractivity contribution >= 4 is 40.8 Å². The zero-order valence-electron chi connectivity index (χ0n) is 12.9. The summed E-state index contributed by atoms with van der Waals surface area (Å²) in [7, 11) is 1.87. The van der Waals surface area contributed by atoms with Gasteiger partial charge in [-0.2, -0.15) is 0 Å². The summed E-state index contributed by atoms with van der Waals surface area (Å²) >= 11 is 3.11. The zero-order valence-corrected chi connectivity index (χ0v) is 14.5. The van der Waals surface area contributed by atoms with Gasteiger partial charge in [0, 0.05) is 13.2 Å². The molecule has 2 aromatic rings. The number of fused-ring (bicyclic) bond motifs is 1. The SMILES string of the molecule is CCCOC1=C(C(=O)Nc2ccccn2)N(C)Sc2ccsc21. The average Bonchev–Trinajstić information content (AvgIpc) is 3.01. The largest absolute Gasteiger partial charge is 0.490 e. The molecular formula is C16H17N3O2S2. The molecule has 0 spiro atoms.